The third-order valence-corrected chi connectivity index (χ3v) is 3.96. The molecule has 0 atom stereocenters. The summed E-state index contributed by atoms with van der Waals surface area (Å²) < 4.78 is 1.14. The van der Waals surface area contributed by atoms with Crippen LogP contribution >= 0.6 is 15.9 Å². The number of carbonyl (C=O) groups excluding carboxylic acids is 1. The van der Waals surface area contributed by atoms with Gasteiger partial charge in [-0.2, -0.15) is 0 Å². The fourth-order valence-corrected chi connectivity index (χ4v) is 2.86. The van der Waals surface area contributed by atoms with Gasteiger partial charge in [-0.3, -0.25) is 4.79 Å². The van der Waals surface area contributed by atoms with Gasteiger partial charge in [0.25, 0.3) is 0 Å². The minimum Gasteiger partial charge on any atom is -0.343 e. The lowest BCUT2D eigenvalue weighted by Crippen LogP contribution is -2.37. The molecule has 17 heavy (non-hydrogen) atoms. The molecule has 0 aromatic heterocycles. The van der Waals surface area contributed by atoms with Crippen LogP contribution in [-0.4, -0.2) is 23.9 Å². The zero-order valence-corrected chi connectivity index (χ0v) is 11.7. The largest absolute Gasteiger partial charge is 0.343 e. The van der Waals surface area contributed by atoms with Crippen molar-refractivity contribution >= 4 is 21.8 Å². The molecular weight excluding hydrogens is 278 g/mol. The van der Waals surface area contributed by atoms with Crippen molar-refractivity contribution in [2.24, 2.45) is 0 Å². The number of hydrogen-bond acceptors (Lipinski definition) is 1. The predicted octanol–water partition coefficient (Wildman–Crippen LogP) is 3.57. The molecule has 1 aliphatic heterocycles. The number of piperidine rings is 1. The lowest BCUT2D eigenvalue weighted by atomic mass is 9.89. The van der Waals surface area contributed by atoms with Crippen LogP contribution in [0, 0.1) is 0 Å². The number of likely N-dealkylation sites (tertiary alicyclic amines) is 1. The van der Waals surface area contributed by atoms with Crippen molar-refractivity contribution in [1.29, 1.82) is 0 Å². The first-order chi connectivity index (χ1) is 8.20. The fourth-order valence-electron chi connectivity index (χ4n) is 2.45. The van der Waals surface area contributed by atoms with Gasteiger partial charge in [-0.25, -0.2) is 0 Å². The lowest BCUT2D eigenvalue weighted by Gasteiger charge is -2.32. The van der Waals surface area contributed by atoms with Crippen LogP contribution in [0.4, 0.5) is 0 Å². The van der Waals surface area contributed by atoms with Gasteiger partial charge in [0.15, 0.2) is 0 Å². The first-order valence-corrected chi connectivity index (χ1v) is 7.03. The second-order valence-electron chi connectivity index (χ2n) is 4.56. The molecule has 1 aromatic rings. The number of benzene rings is 1. The van der Waals surface area contributed by atoms with E-state index >= 15 is 0 Å². The summed E-state index contributed by atoms with van der Waals surface area (Å²) in [6.07, 6.45) is 2.80. The van der Waals surface area contributed by atoms with Gasteiger partial charge in [-0.15, -0.1) is 0 Å². The Kier molecular flexibility index (Phi) is 4.21. The Labute approximate surface area is 111 Å². The van der Waals surface area contributed by atoms with E-state index in [-0.39, 0.29) is 5.91 Å². The molecule has 1 aromatic carbocycles. The molecule has 92 valence electrons. The molecule has 2 nitrogen and oxygen atoms in total. The van der Waals surface area contributed by atoms with Gasteiger partial charge in [0.1, 0.15) is 0 Å². The molecule has 0 radical (unpaired) electrons. The van der Waals surface area contributed by atoms with Gasteiger partial charge >= 0.3 is 0 Å². The minimum atomic E-state index is 0.290. The van der Waals surface area contributed by atoms with Crippen molar-refractivity contribution in [3.63, 3.8) is 0 Å². The van der Waals surface area contributed by atoms with Gasteiger partial charge in [-0.1, -0.05) is 35.0 Å². The molecule has 1 aliphatic rings. The van der Waals surface area contributed by atoms with E-state index in [1.165, 1.54) is 5.56 Å². The topological polar surface area (TPSA) is 20.3 Å². The van der Waals surface area contributed by atoms with E-state index in [1.54, 1.807) is 0 Å². The number of halogens is 1. The highest BCUT2D eigenvalue weighted by atomic mass is 79.9. The maximum atomic E-state index is 11.6. The summed E-state index contributed by atoms with van der Waals surface area (Å²) in [5.74, 6) is 0.895. The summed E-state index contributed by atoms with van der Waals surface area (Å²) >= 11 is 3.51. The van der Waals surface area contributed by atoms with Crippen molar-refractivity contribution in [2.75, 3.05) is 13.1 Å². The minimum absolute atomic E-state index is 0.290. The van der Waals surface area contributed by atoms with Crippen LogP contribution in [0.5, 0.6) is 0 Å². The molecule has 2 rings (SSSR count). The highest BCUT2D eigenvalue weighted by molar-refractivity contribution is 9.10. The van der Waals surface area contributed by atoms with Crippen LogP contribution in [0.3, 0.4) is 0 Å². The molecule has 1 fully saturated rings. The smallest absolute Gasteiger partial charge is 0.222 e. The van der Waals surface area contributed by atoms with Crippen molar-refractivity contribution < 1.29 is 4.79 Å². The Morgan fingerprint density at radius 2 is 2.12 bits per heavy atom. The van der Waals surface area contributed by atoms with Crippen molar-refractivity contribution in [3.8, 4) is 0 Å². The third-order valence-electron chi connectivity index (χ3n) is 3.47. The number of hydrogen-bond donors (Lipinski definition) is 0. The molecule has 0 saturated carbocycles. The van der Waals surface area contributed by atoms with Crippen molar-refractivity contribution in [2.45, 2.75) is 32.1 Å². The molecule has 0 unspecified atom stereocenters. The SMILES string of the molecule is CCC(=O)N1CCC(c2cccc(Br)c2)CC1. The Balaban J connectivity index is 1.97. The standard InChI is InChI=1S/C14H18BrNO/c1-2-14(17)16-8-6-11(7-9-16)12-4-3-5-13(15)10-12/h3-5,10-11H,2,6-9H2,1H3. The highest BCUT2D eigenvalue weighted by Crippen LogP contribution is 2.29. The van der Waals surface area contributed by atoms with Crippen LogP contribution in [0.2, 0.25) is 0 Å². The molecule has 1 heterocycles. The quantitative estimate of drug-likeness (QED) is 0.817. The van der Waals surface area contributed by atoms with Gasteiger partial charge in [0, 0.05) is 24.0 Å². The van der Waals surface area contributed by atoms with Gasteiger partial charge in [0.2, 0.25) is 5.91 Å². The monoisotopic (exact) mass is 295 g/mol. The van der Waals surface area contributed by atoms with Crippen molar-refractivity contribution in [3.05, 3.63) is 34.3 Å². The second-order valence-corrected chi connectivity index (χ2v) is 5.48. The fraction of sp³-hybridized carbons (Fsp3) is 0.500. The first kappa shape index (κ1) is 12.6. The lowest BCUT2D eigenvalue weighted by molar-refractivity contribution is -0.131. The average Bonchev–Trinajstić information content (AvgIpc) is 2.38. The van der Waals surface area contributed by atoms with Gasteiger partial charge < -0.3 is 4.90 Å². The van der Waals surface area contributed by atoms with Gasteiger partial charge in [-0.05, 0) is 36.5 Å². The molecule has 1 saturated heterocycles. The predicted molar refractivity (Wildman–Crippen MR) is 73.0 cm³/mol. The number of amides is 1. The van der Waals surface area contributed by atoms with Crippen LogP contribution in [0.25, 0.3) is 0 Å². The summed E-state index contributed by atoms with van der Waals surface area (Å²) in [6, 6.07) is 8.52. The Bertz CT molecular complexity index is 397. The van der Waals surface area contributed by atoms with Crippen molar-refractivity contribution in [1.82, 2.24) is 4.90 Å². The Morgan fingerprint density at radius 3 is 2.71 bits per heavy atom. The van der Waals surface area contributed by atoms with E-state index in [0.29, 0.717) is 12.3 Å². The molecular formula is C14H18BrNO. The highest BCUT2D eigenvalue weighted by Gasteiger charge is 2.22. The maximum absolute atomic E-state index is 11.6. The molecule has 0 bridgehead atoms. The van der Waals surface area contributed by atoms with E-state index in [0.717, 1.165) is 30.4 Å². The van der Waals surface area contributed by atoms with Crippen LogP contribution in [0.1, 0.15) is 37.7 Å². The zero-order chi connectivity index (χ0) is 12.3. The number of rotatable bonds is 2. The van der Waals surface area contributed by atoms with E-state index in [4.69, 9.17) is 0 Å². The van der Waals surface area contributed by atoms with E-state index in [2.05, 4.69) is 40.2 Å². The van der Waals surface area contributed by atoms with Gasteiger partial charge in [0.05, 0.1) is 0 Å². The van der Waals surface area contributed by atoms with Crippen LogP contribution < -0.4 is 0 Å². The second kappa shape index (κ2) is 5.67. The summed E-state index contributed by atoms with van der Waals surface area (Å²) in [6.45, 7) is 3.75. The molecule has 3 heteroatoms. The van der Waals surface area contributed by atoms with E-state index < -0.39 is 0 Å². The molecule has 0 spiro atoms. The van der Waals surface area contributed by atoms with Crippen LogP contribution in [-0.2, 0) is 4.79 Å². The summed E-state index contributed by atoms with van der Waals surface area (Å²) in [5, 5.41) is 0. The summed E-state index contributed by atoms with van der Waals surface area (Å²) in [4.78, 5) is 13.6. The van der Waals surface area contributed by atoms with E-state index in [9.17, 15) is 4.79 Å². The number of nitrogens with zero attached hydrogens (tertiary/aromatic N) is 1. The Morgan fingerprint density at radius 1 is 1.41 bits per heavy atom. The number of carbonyl (C=O) groups is 1. The first-order valence-electron chi connectivity index (χ1n) is 6.24. The average molecular weight is 296 g/mol. The normalized spacial score (nSPS) is 17.2. The molecule has 1 amide bonds. The third kappa shape index (κ3) is 3.09. The zero-order valence-electron chi connectivity index (χ0n) is 10.2. The maximum Gasteiger partial charge on any atom is 0.222 e. The summed E-state index contributed by atoms with van der Waals surface area (Å²) in [7, 11) is 0. The molecule has 0 N–H and O–H groups in total. The summed E-state index contributed by atoms with van der Waals surface area (Å²) in [5.41, 5.74) is 1.39. The van der Waals surface area contributed by atoms with Crippen LogP contribution in [0.15, 0.2) is 28.7 Å². The van der Waals surface area contributed by atoms with E-state index in [1.807, 2.05) is 11.8 Å². The molecule has 0 aliphatic carbocycles. The Hall–Kier alpha value is -0.830.